The molecule has 3 aliphatic rings. The van der Waals surface area contributed by atoms with Crippen LogP contribution in [0.25, 0.3) is 0 Å². The number of amides is 1. The summed E-state index contributed by atoms with van der Waals surface area (Å²) >= 11 is 0. The molecule has 0 radical (unpaired) electrons. The average Bonchev–Trinajstić information content (AvgIpc) is 3.49. The first-order valence-corrected chi connectivity index (χ1v) is 16.6. The number of likely N-dealkylation sites (tertiary alicyclic amines) is 1. The van der Waals surface area contributed by atoms with Crippen LogP contribution in [-0.2, 0) is 4.79 Å². The van der Waals surface area contributed by atoms with Crippen molar-refractivity contribution in [2.24, 2.45) is 5.92 Å². The molecular formula is C35H52N6O. The highest BCUT2D eigenvalue weighted by Gasteiger charge is 2.42. The molecule has 3 saturated heterocycles. The highest BCUT2D eigenvalue weighted by Crippen LogP contribution is 2.42. The van der Waals surface area contributed by atoms with E-state index >= 15 is 0 Å². The maximum Gasteiger partial charge on any atom is 0.220 e. The monoisotopic (exact) mass is 572 g/mol. The Labute approximate surface area is 253 Å². The van der Waals surface area contributed by atoms with Gasteiger partial charge in [-0.2, -0.15) is 0 Å². The van der Waals surface area contributed by atoms with E-state index in [0.29, 0.717) is 36.4 Å². The molecule has 1 amide bonds. The summed E-state index contributed by atoms with van der Waals surface area (Å²) in [5, 5.41) is 12.4. The summed E-state index contributed by atoms with van der Waals surface area (Å²) in [6, 6.07) is 12.3. The molecule has 5 rings (SSSR count). The smallest absolute Gasteiger partial charge is 0.220 e. The zero-order chi connectivity index (χ0) is 29.5. The molecular weight excluding hydrogens is 520 g/mol. The van der Waals surface area contributed by atoms with E-state index in [1.807, 2.05) is 0 Å². The first kappa shape index (κ1) is 30.8. The number of aryl methyl sites for hydroxylation is 1. The number of carbonyl (C=O) groups excluding carboxylic acids is 1. The Kier molecular flexibility index (Phi) is 10.7. The number of rotatable bonds is 13. The van der Waals surface area contributed by atoms with Gasteiger partial charge in [0, 0.05) is 43.4 Å². The standard InChI is InChI=1S/C35H52N6O/c1-5-6-7-11-19-39-20-16-28(17-21-39)23-34(42)36-33(29-12-9-8-10-13-29)18-22-40-30-14-15-31(40)25-32(24-30)41-27(4)37-38-35(41)26(2)3/h1,8-10,12-13,26,28,30-33H,6-7,11,14-25H2,2-4H3,(H,36,42)/t30?,31?,32?,33-/m0/s1. The number of terminal acetylenes is 1. The van der Waals surface area contributed by atoms with Gasteiger partial charge in [-0.3, -0.25) is 9.69 Å². The lowest BCUT2D eigenvalue weighted by molar-refractivity contribution is -0.123. The molecule has 4 heterocycles. The number of unbranched alkanes of at least 4 members (excludes halogenated alkanes) is 2. The lowest BCUT2D eigenvalue weighted by Gasteiger charge is -2.40. The fourth-order valence-corrected chi connectivity index (χ4v) is 7.83. The van der Waals surface area contributed by atoms with Crippen LogP contribution in [0.1, 0.15) is 120 Å². The summed E-state index contributed by atoms with van der Waals surface area (Å²) in [5.41, 5.74) is 1.22. The van der Waals surface area contributed by atoms with Gasteiger partial charge in [0.05, 0.1) is 6.04 Å². The third-order valence-electron chi connectivity index (χ3n) is 10.1. The zero-order valence-corrected chi connectivity index (χ0v) is 26.2. The molecule has 2 aromatic rings. The molecule has 42 heavy (non-hydrogen) atoms. The maximum atomic E-state index is 13.3. The normalized spacial score (nSPS) is 24.1. The molecule has 0 aliphatic carbocycles. The number of nitrogens with one attached hydrogen (secondary N) is 1. The first-order valence-electron chi connectivity index (χ1n) is 16.6. The van der Waals surface area contributed by atoms with Crippen LogP contribution in [0.4, 0.5) is 0 Å². The Morgan fingerprint density at radius 1 is 1.00 bits per heavy atom. The molecule has 1 aromatic heterocycles. The van der Waals surface area contributed by atoms with Crippen molar-refractivity contribution in [1.29, 1.82) is 0 Å². The van der Waals surface area contributed by atoms with Crippen LogP contribution in [0, 0.1) is 25.2 Å². The van der Waals surface area contributed by atoms with E-state index in [9.17, 15) is 4.79 Å². The van der Waals surface area contributed by atoms with Gasteiger partial charge in [-0.05, 0) is 95.8 Å². The lowest BCUT2D eigenvalue weighted by atomic mass is 9.92. The van der Waals surface area contributed by atoms with Crippen LogP contribution in [0.2, 0.25) is 0 Å². The molecule has 3 aliphatic heterocycles. The first-order chi connectivity index (χ1) is 20.4. The number of carbonyl (C=O) groups is 1. The molecule has 2 unspecified atom stereocenters. The van der Waals surface area contributed by atoms with Crippen LogP contribution in [0.5, 0.6) is 0 Å². The Balaban J connectivity index is 1.14. The quantitative estimate of drug-likeness (QED) is 0.235. The van der Waals surface area contributed by atoms with Gasteiger partial charge in [-0.25, -0.2) is 0 Å². The van der Waals surface area contributed by atoms with Crippen LogP contribution < -0.4 is 5.32 Å². The number of hydrogen-bond donors (Lipinski definition) is 1. The maximum absolute atomic E-state index is 13.3. The second-order valence-electron chi connectivity index (χ2n) is 13.3. The Hall–Kier alpha value is -2.69. The van der Waals surface area contributed by atoms with E-state index < -0.39 is 0 Å². The number of hydrogen-bond acceptors (Lipinski definition) is 5. The molecule has 2 bridgehead atoms. The summed E-state index contributed by atoms with van der Waals surface area (Å²) in [7, 11) is 0. The van der Waals surface area contributed by atoms with E-state index in [-0.39, 0.29) is 11.9 Å². The van der Waals surface area contributed by atoms with E-state index in [1.165, 1.54) is 37.7 Å². The molecule has 1 N–H and O–H groups in total. The van der Waals surface area contributed by atoms with Crippen molar-refractivity contribution in [2.75, 3.05) is 26.2 Å². The molecule has 7 heteroatoms. The predicted molar refractivity (Wildman–Crippen MR) is 169 cm³/mol. The van der Waals surface area contributed by atoms with Crippen LogP contribution in [0.3, 0.4) is 0 Å². The second kappa shape index (κ2) is 14.7. The number of piperidine rings is 2. The molecule has 0 spiro atoms. The molecule has 0 saturated carbocycles. The van der Waals surface area contributed by atoms with Gasteiger partial charge in [0.15, 0.2) is 0 Å². The van der Waals surface area contributed by atoms with E-state index in [1.54, 1.807) is 0 Å². The average molecular weight is 573 g/mol. The van der Waals surface area contributed by atoms with Crippen LogP contribution >= 0.6 is 0 Å². The number of aromatic nitrogens is 3. The highest BCUT2D eigenvalue weighted by molar-refractivity contribution is 5.76. The van der Waals surface area contributed by atoms with Gasteiger partial charge in [-0.1, -0.05) is 44.2 Å². The number of nitrogens with zero attached hydrogens (tertiary/aromatic N) is 5. The van der Waals surface area contributed by atoms with Crippen molar-refractivity contribution in [2.45, 2.75) is 121 Å². The SMILES string of the molecule is C#CCCCCN1CCC(CC(=O)N[C@@H](CCN2C3CCC2CC(n2c(C)nnc2C(C)C)C3)c2ccccc2)CC1. The van der Waals surface area contributed by atoms with Gasteiger partial charge < -0.3 is 14.8 Å². The fourth-order valence-electron chi connectivity index (χ4n) is 7.83. The fraction of sp³-hybridized carbons (Fsp3) is 0.686. The molecule has 3 atom stereocenters. The molecule has 228 valence electrons. The van der Waals surface area contributed by atoms with Crippen molar-refractivity contribution in [3.63, 3.8) is 0 Å². The van der Waals surface area contributed by atoms with Gasteiger partial charge in [0.1, 0.15) is 11.6 Å². The van der Waals surface area contributed by atoms with Crippen molar-refractivity contribution >= 4 is 5.91 Å². The minimum Gasteiger partial charge on any atom is -0.349 e. The summed E-state index contributed by atoms with van der Waals surface area (Å²) in [5.74, 6) is 5.99. The zero-order valence-electron chi connectivity index (χ0n) is 26.2. The van der Waals surface area contributed by atoms with Gasteiger partial charge in [0.25, 0.3) is 0 Å². The van der Waals surface area contributed by atoms with Crippen LogP contribution in [0.15, 0.2) is 30.3 Å². The van der Waals surface area contributed by atoms with Crippen molar-refractivity contribution in [1.82, 2.24) is 29.9 Å². The third kappa shape index (κ3) is 7.63. The number of benzene rings is 1. The Morgan fingerprint density at radius 3 is 2.38 bits per heavy atom. The molecule has 7 nitrogen and oxygen atoms in total. The van der Waals surface area contributed by atoms with E-state index in [4.69, 9.17) is 6.42 Å². The summed E-state index contributed by atoms with van der Waals surface area (Å²) < 4.78 is 2.43. The van der Waals surface area contributed by atoms with Gasteiger partial charge in [-0.15, -0.1) is 22.5 Å². The summed E-state index contributed by atoms with van der Waals surface area (Å²) in [6.45, 7) is 10.9. The largest absolute Gasteiger partial charge is 0.349 e. The minimum absolute atomic E-state index is 0.0553. The lowest BCUT2D eigenvalue weighted by Crippen LogP contribution is -2.45. The van der Waals surface area contributed by atoms with Gasteiger partial charge >= 0.3 is 0 Å². The van der Waals surface area contributed by atoms with Crippen molar-refractivity contribution in [3.8, 4) is 12.3 Å². The van der Waals surface area contributed by atoms with Crippen molar-refractivity contribution in [3.05, 3.63) is 47.5 Å². The third-order valence-corrected chi connectivity index (χ3v) is 10.1. The molecule has 1 aromatic carbocycles. The Morgan fingerprint density at radius 2 is 1.71 bits per heavy atom. The van der Waals surface area contributed by atoms with E-state index in [2.05, 4.69) is 86.9 Å². The molecule has 3 fully saturated rings. The predicted octanol–water partition coefficient (Wildman–Crippen LogP) is 6.03. The summed E-state index contributed by atoms with van der Waals surface area (Å²) in [6.07, 6.45) is 17.2. The Bertz CT molecular complexity index is 1160. The topological polar surface area (TPSA) is 66.3 Å². The number of fused-ring (bicyclic) bond motifs is 2. The van der Waals surface area contributed by atoms with Crippen molar-refractivity contribution < 1.29 is 4.79 Å². The summed E-state index contributed by atoms with van der Waals surface area (Å²) in [4.78, 5) is 18.6. The van der Waals surface area contributed by atoms with Crippen LogP contribution in [-0.4, -0.2) is 68.7 Å². The van der Waals surface area contributed by atoms with Gasteiger partial charge in [0.2, 0.25) is 5.91 Å². The van der Waals surface area contributed by atoms with E-state index in [0.717, 1.165) is 69.9 Å². The highest BCUT2D eigenvalue weighted by atomic mass is 16.1. The second-order valence-corrected chi connectivity index (χ2v) is 13.3. The minimum atomic E-state index is 0.0553.